The Morgan fingerprint density at radius 1 is 1.23 bits per heavy atom. The van der Waals surface area contributed by atoms with Crippen molar-refractivity contribution in [2.45, 2.75) is 39.3 Å². The van der Waals surface area contributed by atoms with Crippen molar-refractivity contribution in [3.8, 4) is 5.69 Å². The van der Waals surface area contributed by atoms with Gasteiger partial charge in [-0.15, -0.1) is 0 Å². The lowest BCUT2D eigenvalue weighted by molar-refractivity contribution is 0.0221. The highest BCUT2D eigenvalue weighted by molar-refractivity contribution is 5.68. The van der Waals surface area contributed by atoms with Gasteiger partial charge in [0, 0.05) is 12.7 Å². The minimum absolute atomic E-state index is 0.271. The van der Waals surface area contributed by atoms with Gasteiger partial charge in [0.2, 0.25) is 0 Å². The van der Waals surface area contributed by atoms with Gasteiger partial charge in [0.15, 0.2) is 0 Å². The Balaban J connectivity index is 1.77. The fourth-order valence-corrected chi connectivity index (χ4v) is 2.50. The fraction of sp³-hybridized carbons (Fsp3) is 0.412. The molecule has 5 nitrogen and oxygen atoms in total. The van der Waals surface area contributed by atoms with Crippen LogP contribution in [0.15, 0.2) is 36.5 Å². The van der Waals surface area contributed by atoms with Gasteiger partial charge < -0.3 is 9.64 Å². The molecule has 1 aliphatic rings. The number of aromatic nitrogens is 2. The van der Waals surface area contributed by atoms with Crippen LogP contribution in [-0.2, 0) is 17.7 Å². The van der Waals surface area contributed by atoms with Crippen LogP contribution in [-0.4, -0.2) is 32.9 Å². The predicted molar refractivity (Wildman–Crippen MR) is 83.9 cm³/mol. The lowest BCUT2D eigenvalue weighted by Gasteiger charge is -2.29. The highest BCUT2D eigenvalue weighted by atomic mass is 16.6. The number of amides is 1. The predicted octanol–water partition coefficient (Wildman–Crippen LogP) is 3.17. The number of hydrogen-bond donors (Lipinski definition) is 0. The Kier molecular flexibility index (Phi) is 3.64. The first-order valence-corrected chi connectivity index (χ1v) is 7.53. The van der Waals surface area contributed by atoms with Gasteiger partial charge in [-0.05, 0) is 44.9 Å². The zero-order valence-electron chi connectivity index (χ0n) is 13.2. The Morgan fingerprint density at radius 2 is 1.95 bits per heavy atom. The Labute approximate surface area is 130 Å². The summed E-state index contributed by atoms with van der Waals surface area (Å²) in [5.74, 6) is 0. The second-order valence-corrected chi connectivity index (χ2v) is 6.53. The molecule has 0 saturated carbocycles. The second-order valence-electron chi connectivity index (χ2n) is 6.53. The van der Waals surface area contributed by atoms with Crippen LogP contribution in [0.4, 0.5) is 4.79 Å². The molecular weight excluding hydrogens is 278 g/mol. The van der Waals surface area contributed by atoms with Crippen LogP contribution < -0.4 is 0 Å². The van der Waals surface area contributed by atoms with E-state index < -0.39 is 5.60 Å². The normalized spacial score (nSPS) is 14.6. The molecule has 0 N–H and O–H groups in total. The average Bonchev–Trinajstić information content (AvgIpc) is 2.89. The van der Waals surface area contributed by atoms with Gasteiger partial charge in [-0.1, -0.05) is 18.2 Å². The van der Waals surface area contributed by atoms with Crippen LogP contribution in [0, 0.1) is 0 Å². The number of fused-ring (bicyclic) bond motifs is 1. The van der Waals surface area contributed by atoms with Crippen molar-refractivity contribution in [3.05, 3.63) is 47.8 Å². The SMILES string of the molecule is CC(C)(C)OC(=O)N1CCc2cn(-c3ccccc3)nc2C1. The van der Waals surface area contributed by atoms with Gasteiger partial charge in [-0.3, -0.25) is 0 Å². The van der Waals surface area contributed by atoms with Gasteiger partial charge in [-0.2, -0.15) is 5.10 Å². The number of carbonyl (C=O) groups is 1. The van der Waals surface area contributed by atoms with E-state index in [0.717, 1.165) is 17.8 Å². The lowest BCUT2D eigenvalue weighted by Crippen LogP contribution is -2.39. The molecular formula is C17H21N3O2. The summed E-state index contributed by atoms with van der Waals surface area (Å²) in [6.07, 6.45) is 2.59. The van der Waals surface area contributed by atoms with E-state index in [1.165, 1.54) is 5.56 Å². The lowest BCUT2D eigenvalue weighted by atomic mass is 10.1. The third-order valence-electron chi connectivity index (χ3n) is 3.54. The summed E-state index contributed by atoms with van der Waals surface area (Å²) in [5.41, 5.74) is 2.70. The smallest absolute Gasteiger partial charge is 0.410 e. The molecule has 2 aromatic rings. The highest BCUT2D eigenvalue weighted by Gasteiger charge is 2.27. The molecule has 0 spiro atoms. The van der Waals surface area contributed by atoms with E-state index in [9.17, 15) is 4.79 Å². The van der Waals surface area contributed by atoms with Crippen molar-refractivity contribution in [2.24, 2.45) is 0 Å². The number of carbonyl (C=O) groups excluding carboxylic acids is 1. The number of ether oxygens (including phenoxy) is 1. The van der Waals surface area contributed by atoms with E-state index in [-0.39, 0.29) is 6.09 Å². The van der Waals surface area contributed by atoms with Crippen LogP contribution in [0.3, 0.4) is 0 Å². The maximum Gasteiger partial charge on any atom is 0.410 e. The molecule has 1 aliphatic heterocycles. The van der Waals surface area contributed by atoms with Gasteiger partial charge in [-0.25, -0.2) is 9.48 Å². The number of hydrogen-bond acceptors (Lipinski definition) is 3. The average molecular weight is 299 g/mol. The van der Waals surface area contributed by atoms with E-state index in [2.05, 4.69) is 11.3 Å². The first-order chi connectivity index (χ1) is 10.4. The van der Waals surface area contributed by atoms with Crippen molar-refractivity contribution in [1.82, 2.24) is 14.7 Å². The summed E-state index contributed by atoms with van der Waals surface area (Å²) >= 11 is 0. The molecule has 1 aromatic carbocycles. The molecule has 0 fully saturated rings. The number of benzene rings is 1. The molecule has 0 bridgehead atoms. The molecule has 0 unspecified atom stereocenters. The topological polar surface area (TPSA) is 47.4 Å². The first kappa shape index (κ1) is 14.6. The summed E-state index contributed by atoms with van der Waals surface area (Å²) in [6, 6.07) is 10.00. The zero-order valence-corrected chi connectivity index (χ0v) is 13.2. The van der Waals surface area contributed by atoms with Crippen molar-refractivity contribution < 1.29 is 9.53 Å². The highest BCUT2D eigenvalue weighted by Crippen LogP contribution is 2.21. The minimum atomic E-state index is -0.471. The van der Waals surface area contributed by atoms with Gasteiger partial charge in [0.1, 0.15) is 5.60 Å². The second kappa shape index (κ2) is 5.48. The molecule has 1 amide bonds. The summed E-state index contributed by atoms with van der Waals surface area (Å²) in [5, 5.41) is 4.62. The van der Waals surface area contributed by atoms with E-state index in [0.29, 0.717) is 13.1 Å². The van der Waals surface area contributed by atoms with Crippen molar-refractivity contribution >= 4 is 6.09 Å². The van der Waals surface area contributed by atoms with Crippen LogP contribution in [0.2, 0.25) is 0 Å². The molecule has 0 radical (unpaired) electrons. The quantitative estimate of drug-likeness (QED) is 0.812. The van der Waals surface area contributed by atoms with E-state index in [4.69, 9.17) is 4.74 Å². The monoisotopic (exact) mass is 299 g/mol. The Morgan fingerprint density at radius 3 is 2.64 bits per heavy atom. The standard InChI is InChI=1S/C17H21N3O2/c1-17(2,3)22-16(21)19-10-9-13-11-20(18-15(13)12-19)14-7-5-4-6-8-14/h4-8,11H,9-10,12H2,1-3H3. The first-order valence-electron chi connectivity index (χ1n) is 7.53. The molecule has 3 rings (SSSR count). The molecule has 2 heterocycles. The van der Waals surface area contributed by atoms with Crippen LogP contribution in [0.25, 0.3) is 5.69 Å². The van der Waals surface area contributed by atoms with Crippen LogP contribution >= 0.6 is 0 Å². The molecule has 5 heteroatoms. The Hall–Kier alpha value is -2.30. The molecule has 0 aliphatic carbocycles. The van der Waals surface area contributed by atoms with Crippen LogP contribution in [0.5, 0.6) is 0 Å². The Bertz CT molecular complexity index is 671. The van der Waals surface area contributed by atoms with E-state index in [1.807, 2.05) is 55.8 Å². The summed E-state index contributed by atoms with van der Waals surface area (Å²) in [6.45, 7) is 6.81. The molecule has 0 saturated heterocycles. The van der Waals surface area contributed by atoms with Gasteiger partial charge in [0.05, 0.1) is 17.9 Å². The largest absolute Gasteiger partial charge is 0.444 e. The van der Waals surface area contributed by atoms with E-state index in [1.54, 1.807) is 4.90 Å². The zero-order chi connectivity index (χ0) is 15.7. The van der Waals surface area contributed by atoms with Crippen molar-refractivity contribution in [1.29, 1.82) is 0 Å². The third-order valence-corrected chi connectivity index (χ3v) is 3.54. The van der Waals surface area contributed by atoms with Gasteiger partial charge in [0.25, 0.3) is 0 Å². The molecule has 22 heavy (non-hydrogen) atoms. The van der Waals surface area contributed by atoms with Crippen molar-refractivity contribution in [3.63, 3.8) is 0 Å². The van der Waals surface area contributed by atoms with Crippen molar-refractivity contribution in [2.75, 3.05) is 6.54 Å². The fourth-order valence-electron chi connectivity index (χ4n) is 2.50. The molecule has 1 aromatic heterocycles. The molecule has 116 valence electrons. The maximum absolute atomic E-state index is 12.2. The minimum Gasteiger partial charge on any atom is -0.444 e. The third kappa shape index (κ3) is 3.13. The summed E-state index contributed by atoms with van der Waals surface area (Å²) in [7, 11) is 0. The molecule has 0 atom stereocenters. The van der Waals surface area contributed by atoms with Gasteiger partial charge >= 0.3 is 6.09 Å². The van der Waals surface area contributed by atoms with Crippen LogP contribution in [0.1, 0.15) is 32.0 Å². The van der Waals surface area contributed by atoms with E-state index >= 15 is 0 Å². The maximum atomic E-state index is 12.2. The number of nitrogens with zero attached hydrogens (tertiary/aromatic N) is 3. The summed E-state index contributed by atoms with van der Waals surface area (Å²) in [4.78, 5) is 13.9. The summed E-state index contributed by atoms with van der Waals surface area (Å²) < 4.78 is 7.31. The number of rotatable bonds is 1. The number of para-hydroxylation sites is 1.